The van der Waals surface area contributed by atoms with E-state index < -0.39 is 5.79 Å². The van der Waals surface area contributed by atoms with Gasteiger partial charge in [0.05, 0.1) is 37.9 Å². The van der Waals surface area contributed by atoms with E-state index in [4.69, 9.17) is 14.2 Å². The van der Waals surface area contributed by atoms with Gasteiger partial charge >= 0.3 is 0 Å². The van der Waals surface area contributed by atoms with Gasteiger partial charge in [-0.3, -0.25) is 0 Å². The molecule has 0 bridgehead atoms. The van der Waals surface area contributed by atoms with Gasteiger partial charge in [0, 0.05) is 33.4 Å². The van der Waals surface area contributed by atoms with E-state index >= 15 is 0 Å². The fraction of sp³-hybridized carbons (Fsp3) is 0.455. The minimum atomic E-state index is -1.27. The Labute approximate surface area is 259 Å². The predicted molar refractivity (Wildman–Crippen MR) is 174 cm³/mol. The van der Waals surface area contributed by atoms with Crippen LogP contribution in [0.4, 0.5) is 0 Å². The molecule has 0 radical (unpaired) electrons. The summed E-state index contributed by atoms with van der Waals surface area (Å²) in [5.41, 5.74) is 2.81. The second kappa shape index (κ2) is 17.3. The smallest absolute Gasteiger partial charge is 0.298 e. The third-order valence-electron chi connectivity index (χ3n) is 6.01. The van der Waals surface area contributed by atoms with Crippen molar-refractivity contribution >= 4 is 10.2 Å². The molecule has 3 rings (SSSR count). The van der Waals surface area contributed by atoms with Crippen LogP contribution in [0.3, 0.4) is 0 Å². The number of azo groups is 3. The molecule has 43 heavy (non-hydrogen) atoms. The Morgan fingerprint density at radius 1 is 0.535 bits per heavy atom. The van der Waals surface area contributed by atoms with Gasteiger partial charge in [0.15, 0.2) is 0 Å². The van der Waals surface area contributed by atoms with E-state index in [2.05, 4.69) is 30.7 Å². The lowest BCUT2D eigenvalue weighted by Gasteiger charge is -2.18. The highest BCUT2D eigenvalue weighted by Crippen LogP contribution is 2.28. The molecule has 0 saturated heterocycles. The van der Waals surface area contributed by atoms with E-state index in [1.54, 1.807) is 0 Å². The Morgan fingerprint density at radius 3 is 1.12 bits per heavy atom. The summed E-state index contributed by atoms with van der Waals surface area (Å²) in [5, 5.41) is 27.7. The van der Waals surface area contributed by atoms with Crippen molar-refractivity contribution in [3.63, 3.8) is 0 Å². The van der Waals surface area contributed by atoms with Crippen LogP contribution in [0.2, 0.25) is 6.04 Å². The summed E-state index contributed by atoms with van der Waals surface area (Å²) in [4.78, 5) is 0. The van der Waals surface area contributed by atoms with Crippen molar-refractivity contribution in [2.45, 2.75) is 97.7 Å². The molecule has 230 valence electrons. The number of benzene rings is 3. The average Bonchev–Trinajstić information content (AvgIpc) is 2.95. The van der Waals surface area contributed by atoms with Crippen LogP contribution >= 0.6 is 0 Å². The molecule has 0 fully saturated rings. The maximum atomic E-state index is 5.98. The number of hydrogen-bond acceptors (Lipinski definition) is 9. The van der Waals surface area contributed by atoms with Crippen LogP contribution in [-0.4, -0.2) is 34.3 Å². The highest BCUT2D eigenvalue weighted by Gasteiger charge is 2.29. The molecule has 0 heterocycles. The van der Waals surface area contributed by atoms with E-state index in [0.717, 1.165) is 50.2 Å². The van der Waals surface area contributed by atoms with Crippen LogP contribution in [0.25, 0.3) is 0 Å². The minimum Gasteiger partial charge on any atom is -0.491 e. The monoisotopic (exact) mass is 602 g/mol. The van der Waals surface area contributed by atoms with E-state index in [9.17, 15) is 0 Å². The van der Waals surface area contributed by atoms with Crippen molar-refractivity contribution in [2.75, 3.05) is 0 Å². The first-order chi connectivity index (χ1) is 20.7. The minimum absolute atomic E-state index is 0.0509. The number of para-hydroxylation sites is 3. The average molecular weight is 603 g/mol. The number of rotatable bonds is 17. The van der Waals surface area contributed by atoms with Crippen LogP contribution in [0.15, 0.2) is 103 Å². The lowest BCUT2D eigenvalue weighted by atomic mass is 10.2. The van der Waals surface area contributed by atoms with Gasteiger partial charge < -0.3 is 14.2 Å². The molecule has 0 aliphatic rings. The van der Waals surface area contributed by atoms with Crippen molar-refractivity contribution < 1.29 is 14.2 Å². The first kappa shape index (κ1) is 33.6. The van der Waals surface area contributed by atoms with Crippen molar-refractivity contribution in [3.05, 3.63) is 89.5 Å². The van der Waals surface area contributed by atoms with Crippen molar-refractivity contribution in [1.82, 2.24) is 0 Å². The van der Waals surface area contributed by atoms with Crippen molar-refractivity contribution in [1.29, 1.82) is 0 Å². The van der Waals surface area contributed by atoms with Gasteiger partial charge in [0.1, 0.15) is 17.2 Å². The summed E-state index contributed by atoms with van der Waals surface area (Å²) >= 11 is 0. The normalized spacial score (nSPS) is 13.6. The zero-order chi connectivity index (χ0) is 31.1. The topological polar surface area (TPSA) is 102 Å². The molecule has 0 saturated carbocycles. The first-order valence-electron chi connectivity index (χ1n) is 15.1. The maximum absolute atomic E-state index is 5.98. The molecule has 3 aromatic carbocycles. The van der Waals surface area contributed by atoms with Gasteiger partial charge in [-0.15, -0.1) is 15.3 Å². The molecule has 0 atom stereocenters. The fourth-order valence-corrected chi connectivity index (χ4v) is 4.90. The molecule has 0 aliphatic carbocycles. The Balaban J connectivity index is 1.92. The zero-order valence-electron chi connectivity index (χ0n) is 26.6. The van der Waals surface area contributed by atoms with Crippen LogP contribution in [0, 0.1) is 0 Å². The van der Waals surface area contributed by atoms with Crippen LogP contribution in [0.1, 0.15) is 64.7 Å². The van der Waals surface area contributed by atoms with Gasteiger partial charge in [-0.25, -0.2) is 0 Å². The van der Waals surface area contributed by atoms with E-state index in [1.165, 1.54) is 0 Å². The van der Waals surface area contributed by atoms with Crippen LogP contribution in [-0.2, 0) is 19.6 Å². The molecule has 0 aliphatic heterocycles. The van der Waals surface area contributed by atoms with Crippen molar-refractivity contribution in [2.24, 2.45) is 30.7 Å². The second-order valence-corrected chi connectivity index (χ2v) is 12.0. The van der Waals surface area contributed by atoms with E-state index in [-0.39, 0.29) is 18.3 Å². The Kier molecular flexibility index (Phi) is 13.5. The van der Waals surface area contributed by atoms with E-state index in [1.807, 2.05) is 114 Å². The lowest BCUT2D eigenvalue weighted by molar-refractivity contribution is 0.239. The van der Waals surface area contributed by atoms with E-state index in [0.29, 0.717) is 26.1 Å². The van der Waals surface area contributed by atoms with Gasteiger partial charge in [-0.1, -0.05) is 60.6 Å². The Bertz CT molecular complexity index is 1200. The maximum Gasteiger partial charge on any atom is 0.298 e. The van der Waals surface area contributed by atoms with Crippen LogP contribution in [0.5, 0.6) is 17.2 Å². The zero-order valence-corrected chi connectivity index (χ0v) is 28.6. The molecule has 0 unspecified atom stereocenters. The third-order valence-corrected chi connectivity index (χ3v) is 6.51. The van der Waals surface area contributed by atoms with Gasteiger partial charge in [0.25, 0.3) is 5.79 Å². The highest BCUT2D eigenvalue weighted by molar-refractivity contribution is 6.08. The molecule has 0 aromatic heterocycles. The summed E-state index contributed by atoms with van der Waals surface area (Å²) in [6.07, 6.45) is 0.702. The second-order valence-electron chi connectivity index (χ2n) is 11.0. The lowest BCUT2D eigenvalue weighted by Crippen LogP contribution is -2.20. The molecule has 0 N–H and O–H groups in total. The molecule has 10 heteroatoms. The predicted octanol–water partition coefficient (Wildman–Crippen LogP) is 8.13. The molecule has 0 amide bonds. The molecular formula is C33H46N6O3Si. The Hall–Kier alpha value is -3.92. The fourth-order valence-electron chi connectivity index (χ4n) is 4.23. The highest BCUT2D eigenvalue weighted by atomic mass is 28.1. The van der Waals surface area contributed by atoms with Crippen LogP contribution < -0.4 is 14.2 Å². The molecule has 0 spiro atoms. The van der Waals surface area contributed by atoms with Gasteiger partial charge in [-0.2, -0.15) is 15.3 Å². The van der Waals surface area contributed by atoms with Crippen molar-refractivity contribution in [3.8, 4) is 17.2 Å². The summed E-state index contributed by atoms with van der Waals surface area (Å²) in [6, 6.07) is 24.5. The number of nitrogens with zero attached hydrogens (tertiary/aromatic N) is 6. The summed E-state index contributed by atoms with van der Waals surface area (Å²) in [5.74, 6) is 1.10. The summed E-state index contributed by atoms with van der Waals surface area (Å²) < 4.78 is 17.9. The summed E-state index contributed by atoms with van der Waals surface area (Å²) in [6.45, 7) is 13.0. The molecule has 9 nitrogen and oxygen atoms in total. The summed E-state index contributed by atoms with van der Waals surface area (Å²) in [7, 11) is 0.948. The first-order valence-corrected chi connectivity index (χ1v) is 16.5. The largest absolute Gasteiger partial charge is 0.491 e. The molecular weight excluding hydrogens is 556 g/mol. The Morgan fingerprint density at radius 2 is 0.837 bits per heavy atom. The third kappa shape index (κ3) is 11.4. The number of ether oxygens (including phenoxy) is 3. The SMILES string of the molecule is CC(C)Oc1ccccc1CN=NC(CC[SiH3])(N=NCc1ccccc1OC(C)C)N=NCc1ccccc1OC(C)C. The number of hydrogen-bond donors (Lipinski definition) is 0. The molecule has 3 aromatic rings. The quantitative estimate of drug-likeness (QED) is 0.115. The standard InChI is InChI=1S/C33H46N6O3Si/c1-24(2)40-30-16-10-7-13-27(30)21-34-37-33(19-20-43,38-35-22-28-14-8-11-17-31(28)41-25(3)4)39-36-23-29-15-9-12-18-32(29)42-26(5)6/h7-18,24-26H,19-23H2,1-6,43H3. The van der Waals surface area contributed by atoms with Gasteiger partial charge in [0.2, 0.25) is 0 Å². The van der Waals surface area contributed by atoms with Gasteiger partial charge in [-0.05, 0) is 59.7 Å².